The van der Waals surface area contributed by atoms with Gasteiger partial charge < -0.3 is 4.90 Å². The Morgan fingerprint density at radius 3 is 2.53 bits per heavy atom. The molecule has 1 amide bonds. The lowest BCUT2D eigenvalue weighted by atomic mass is 9.91. The van der Waals surface area contributed by atoms with Crippen LogP contribution in [0.4, 0.5) is 0 Å². The molecule has 1 aliphatic heterocycles. The van der Waals surface area contributed by atoms with Gasteiger partial charge in [-0.1, -0.05) is 0 Å². The molecule has 1 aliphatic rings. The van der Waals surface area contributed by atoms with Crippen molar-refractivity contribution < 1.29 is 4.79 Å². The standard InChI is InChI=1S/C13H19N3O/c1-10(15(2)3)13(17)16-8-12(9-16)11-4-6-14-7-5-11/h4-7,10,12H,8-9H2,1-3H3/t10-/m0/s1. The summed E-state index contributed by atoms with van der Waals surface area (Å²) in [5, 5.41) is 0. The van der Waals surface area contributed by atoms with Crippen LogP contribution in [0.1, 0.15) is 18.4 Å². The summed E-state index contributed by atoms with van der Waals surface area (Å²) in [7, 11) is 3.87. The van der Waals surface area contributed by atoms with Gasteiger partial charge in [-0.2, -0.15) is 0 Å². The van der Waals surface area contributed by atoms with Crippen molar-refractivity contribution in [2.24, 2.45) is 0 Å². The number of nitrogens with zero attached hydrogens (tertiary/aromatic N) is 3. The third-order valence-electron chi connectivity index (χ3n) is 3.50. The summed E-state index contributed by atoms with van der Waals surface area (Å²) in [6.07, 6.45) is 3.62. The average Bonchev–Trinajstić information content (AvgIpc) is 2.27. The van der Waals surface area contributed by atoms with Crippen LogP contribution in [0.3, 0.4) is 0 Å². The Bertz CT molecular complexity index is 385. The van der Waals surface area contributed by atoms with Gasteiger partial charge in [0.2, 0.25) is 5.91 Å². The molecule has 0 aliphatic carbocycles. The van der Waals surface area contributed by atoms with Gasteiger partial charge >= 0.3 is 0 Å². The van der Waals surface area contributed by atoms with E-state index in [-0.39, 0.29) is 11.9 Å². The number of hydrogen-bond donors (Lipinski definition) is 0. The Balaban J connectivity index is 1.89. The van der Waals surface area contributed by atoms with Crippen molar-refractivity contribution in [2.75, 3.05) is 27.2 Å². The van der Waals surface area contributed by atoms with Gasteiger partial charge in [0.1, 0.15) is 0 Å². The summed E-state index contributed by atoms with van der Waals surface area (Å²) in [6.45, 7) is 3.62. The Labute approximate surface area is 102 Å². The molecule has 1 aromatic rings. The fraction of sp³-hybridized carbons (Fsp3) is 0.538. The Morgan fingerprint density at radius 2 is 2.00 bits per heavy atom. The SMILES string of the molecule is C[C@@H](C(=O)N1CC(c2ccncc2)C1)N(C)C. The molecule has 0 spiro atoms. The van der Waals surface area contributed by atoms with Crippen molar-refractivity contribution in [1.82, 2.24) is 14.8 Å². The normalized spacial score (nSPS) is 18.0. The van der Waals surface area contributed by atoms with Gasteiger partial charge in [-0.15, -0.1) is 0 Å². The van der Waals surface area contributed by atoms with E-state index in [4.69, 9.17) is 0 Å². The zero-order valence-corrected chi connectivity index (χ0v) is 10.6. The molecule has 1 saturated heterocycles. The highest BCUT2D eigenvalue weighted by Gasteiger charge is 2.34. The maximum Gasteiger partial charge on any atom is 0.239 e. The highest BCUT2D eigenvalue weighted by Crippen LogP contribution is 2.27. The van der Waals surface area contributed by atoms with Crippen molar-refractivity contribution in [3.63, 3.8) is 0 Å². The maximum atomic E-state index is 12.0. The minimum atomic E-state index is -0.0339. The Morgan fingerprint density at radius 1 is 1.41 bits per heavy atom. The number of carbonyl (C=O) groups excluding carboxylic acids is 1. The first kappa shape index (κ1) is 12.0. The maximum absolute atomic E-state index is 12.0. The van der Waals surface area contributed by atoms with Crippen molar-refractivity contribution in [1.29, 1.82) is 0 Å². The van der Waals surface area contributed by atoms with E-state index >= 15 is 0 Å². The molecule has 4 heteroatoms. The van der Waals surface area contributed by atoms with Crippen molar-refractivity contribution in [2.45, 2.75) is 18.9 Å². The second-order valence-corrected chi connectivity index (χ2v) is 4.86. The van der Waals surface area contributed by atoms with E-state index in [1.807, 2.05) is 55.3 Å². The van der Waals surface area contributed by atoms with E-state index in [2.05, 4.69) is 4.98 Å². The molecule has 1 fully saturated rings. The van der Waals surface area contributed by atoms with E-state index in [1.165, 1.54) is 5.56 Å². The third kappa shape index (κ3) is 2.47. The average molecular weight is 233 g/mol. The molecule has 0 aromatic carbocycles. The van der Waals surface area contributed by atoms with Gasteiger partial charge in [0, 0.05) is 31.4 Å². The lowest BCUT2D eigenvalue weighted by Crippen LogP contribution is -2.54. The fourth-order valence-electron chi connectivity index (χ4n) is 1.99. The van der Waals surface area contributed by atoms with Crippen LogP contribution in [-0.4, -0.2) is 53.9 Å². The molecule has 0 bridgehead atoms. The van der Waals surface area contributed by atoms with Gasteiger partial charge in [0.15, 0.2) is 0 Å². The Kier molecular flexibility index (Phi) is 3.43. The third-order valence-corrected chi connectivity index (χ3v) is 3.50. The predicted molar refractivity (Wildman–Crippen MR) is 66.7 cm³/mol. The first-order valence-electron chi connectivity index (χ1n) is 5.94. The first-order valence-corrected chi connectivity index (χ1v) is 5.94. The lowest BCUT2D eigenvalue weighted by molar-refractivity contribution is -0.140. The molecular weight excluding hydrogens is 214 g/mol. The van der Waals surface area contributed by atoms with E-state index in [9.17, 15) is 4.79 Å². The topological polar surface area (TPSA) is 36.4 Å². The van der Waals surface area contributed by atoms with Crippen LogP contribution >= 0.6 is 0 Å². The number of aromatic nitrogens is 1. The summed E-state index contributed by atoms with van der Waals surface area (Å²) in [5.74, 6) is 0.705. The van der Waals surface area contributed by atoms with Gasteiger partial charge in [0.25, 0.3) is 0 Å². The van der Waals surface area contributed by atoms with Crippen molar-refractivity contribution in [3.05, 3.63) is 30.1 Å². The number of carbonyl (C=O) groups is 1. The Hall–Kier alpha value is -1.42. The molecular formula is C13H19N3O. The van der Waals surface area contributed by atoms with Crippen LogP contribution in [0.5, 0.6) is 0 Å². The van der Waals surface area contributed by atoms with Crippen molar-refractivity contribution >= 4 is 5.91 Å². The molecule has 2 rings (SSSR count). The van der Waals surface area contributed by atoms with E-state index < -0.39 is 0 Å². The van der Waals surface area contributed by atoms with Crippen LogP contribution < -0.4 is 0 Å². The molecule has 92 valence electrons. The van der Waals surface area contributed by atoms with Crippen LogP contribution in [0.2, 0.25) is 0 Å². The van der Waals surface area contributed by atoms with E-state index in [0.717, 1.165) is 13.1 Å². The molecule has 0 unspecified atom stereocenters. The lowest BCUT2D eigenvalue weighted by Gasteiger charge is -2.41. The van der Waals surface area contributed by atoms with Gasteiger partial charge in [-0.3, -0.25) is 14.7 Å². The molecule has 2 heterocycles. The molecule has 4 nitrogen and oxygen atoms in total. The fourth-order valence-corrected chi connectivity index (χ4v) is 1.99. The zero-order valence-electron chi connectivity index (χ0n) is 10.6. The quantitative estimate of drug-likeness (QED) is 0.780. The summed E-state index contributed by atoms with van der Waals surface area (Å²) in [6, 6.07) is 4.03. The highest BCUT2D eigenvalue weighted by atomic mass is 16.2. The minimum Gasteiger partial charge on any atom is -0.340 e. The number of hydrogen-bond acceptors (Lipinski definition) is 3. The smallest absolute Gasteiger partial charge is 0.239 e. The van der Waals surface area contributed by atoms with Crippen LogP contribution in [0, 0.1) is 0 Å². The summed E-state index contributed by atoms with van der Waals surface area (Å²) < 4.78 is 0. The zero-order chi connectivity index (χ0) is 12.4. The number of likely N-dealkylation sites (N-methyl/N-ethyl adjacent to an activating group) is 1. The number of rotatable bonds is 3. The first-order chi connectivity index (χ1) is 8.09. The number of pyridine rings is 1. The summed E-state index contributed by atoms with van der Waals surface area (Å²) >= 11 is 0. The molecule has 0 N–H and O–H groups in total. The van der Waals surface area contributed by atoms with Crippen molar-refractivity contribution in [3.8, 4) is 0 Å². The van der Waals surface area contributed by atoms with Crippen LogP contribution in [0.15, 0.2) is 24.5 Å². The van der Waals surface area contributed by atoms with Gasteiger partial charge in [-0.25, -0.2) is 0 Å². The summed E-state index contributed by atoms with van der Waals surface area (Å²) in [4.78, 5) is 19.9. The molecule has 17 heavy (non-hydrogen) atoms. The van der Waals surface area contributed by atoms with Gasteiger partial charge in [0.05, 0.1) is 6.04 Å². The number of amides is 1. The summed E-state index contributed by atoms with van der Waals surface area (Å²) in [5.41, 5.74) is 1.28. The van der Waals surface area contributed by atoms with Gasteiger partial charge in [-0.05, 0) is 38.7 Å². The molecule has 0 radical (unpaired) electrons. The highest BCUT2D eigenvalue weighted by molar-refractivity contribution is 5.82. The van der Waals surface area contributed by atoms with E-state index in [0.29, 0.717) is 5.92 Å². The van der Waals surface area contributed by atoms with Crippen LogP contribution in [-0.2, 0) is 4.79 Å². The molecule has 1 aromatic heterocycles. The molecule has 1 atom stereocenters. The van der Waals surface area contributed by atoms with Crippen LogP contribution in [0.25, 0.3) is 0 Å². The second-order valence-electron chi connectivity index (χ2n) is 4.86. The largest absolute Gasteiger partial charge is 0.340 e. The van der Waals surface area contributed by atoms with E-state index in [1.54, 1.807) is 0 Å². The second kappa shape index (κ2) is 4.84. The predicted octanol–water partition coefficient (Wildman–Crippen LogP) is 0.958. The number of likely N-dealkylation sites (tertiary alicyclic amines) is 1. The minimum absolute atomic E-state index is 0.0339. The molecule has 0 saturated carbocycles. The monoisotopic (exact) mass is 233 g/mol.